The highest BCUT2D eigenvalue weighted by Crippen LogP contribution is 2.33. The van der Waals surface area contributed by atoms with Gasteiger partial charge in [-0.15, -0.1) is 0 Å². The van der Waals surface area contributed by atoms with Gasteiger partial charge < -0.3 is 19.9 Å². The zero-order valence-corrected chi connectivity index (χ0v) is 16.6. The summed E-state index contributed by atoms with van der Waals surface area (Å²) < 4.78 is 1.91. The number of aromatic nitrogens is 1. The van der Waals surface area contributed by atoms with E-state index in [4.69, 9.17) is 10.2 Å². The second kappa shape index (κ2) is 8.23. The summed E-state index contributed by atoms with van der Waals surface area (Å²) in [5.41, 5.74) is 4.26. The van der Waals surface area contributed by atoms with Crippen molar-refractivity contribution in [1.82, 2.24) is 4.57 Å². The molecule has 0 amide bonds. The van der Waals surface area contributed by atoms with E-state index in [1.807, 2.05) is 16.7 Å². The van der Waals surface area contributed by atoms with Gasteiger partial charge in [0.15, 0.2) is 0 Å². The van der Waals surface area contributed by atoms with E-state index in [0.717, 1.165) is 22.5 Å². The van der Waals surface area contributed by atoms with Crippen LogP contribution in [0.25, 0.3) is 28.2 Å². The minimum Gasteiger partial charge on any atom is -0.478 e. The summed E-state index contributed by atoms with van der Waals surface area (Å²) in [7, 11) is 0. The lowest BCUT2D eigenvalue weighted by Gasteiger charge is -2.15. The molecule has 1 aromatic heterocycles. The average molecular weight is 427 g/mol. The molecule has 0 aliphatic carbocycles. The SMILES string of the molecule is O=C(O)c1ccc(-c2ccc(-c3ccc(C(=O)O)cc3)n2-c2ccc(C(=O)O)cc2)cc1. The lowest BCUT2D eigenvalue weighted by molar-refractivity contribution is 0.0686. The molecule has 0 atom stereocenters. The van der Waals surface area contributed by atoms with Crippen molar-refractivity contribution in [2.24, 2.45) is 0 Å². The third-order valence-electron chi connectivity index (χ3n) is 5.11. The number of carbonyl (C=O) groups is 3. The van der Waals surface area contributed by atoms with Gasteiger partial charge in [0.1, 0.15) is 0 Å². The molecule has 0 saturated heterocycles. The highest BCUT2D eigenvalue weighted by molar-refractivity contribution is 5.90. The predicted octanol–water partition coefficient (Wildman–Crippen LogP) is 4.91. The molecule has 32 heavy (non-hydrogen) atoms. The Morgan fingerprint density at radius 3 is 1.09 bits per heavy atom. The zero-order valence-electron chi connectivity index (χ0n) is 16.6. The molecule has 0 radical (unpaired) electrons. The van der Waals surface area contributed by atoms with E-state index in [1.165, 1.54) is 36.4 Å². The standard InChI is InChI=1S/C25H17NO6/c27-23(28)17-5-1-15(2-6-17)21-13-14-22(16-3-7-18(8-4-16)24(29)30)26(21)20-11-9-19(10-12-20)25(31)32/h1-14H,(H,27,28)(H,29,30)(H,31,32). The Labute approximate surface area is 182 Å². The van der Waals surface area contributed by atoms with Crippen molar-refractivity contribution >= 4 is 17.9 Å². The van der Waals surface area contributed by atoms with Crippen LogP contribution in [0.2, 0.25) is 0 Å². The van der Waals surface area contributed by atoms with E-state index in [-0.39, 0.29) is 16.7 Å². The maximum absolute atomic E-state index is 11.2. The third-order valence-corrected chi connectivity index (χ3v) is 5.11. The summed E-state index contributed by atoms with van der Waals surface area (Å²) in [5.74, 6) is -3.07. The third kappa shape index (κ3) is 3.87. The number of nitrogens with zero attached hydrogens (tertiary/aromatic N) is 1. The molecule has 4 rings (SSSR count). The van der Waals surface area contributed by atoms with Crippen molar-refractivity contribution in [2.45, 2.75) is 0 Å². The fourth-order valence-electron chi connectivity index (χ4n) is 3.49. The number of benzene rings is 3. The van der Waals surface area contributed by atoms with Crippen LogP contribution in [0.15, 0.2) is 84.9 Å². The molecule has 0 spiro atoms. The minimum absolute atomic E-state index is 0.153. The Kier molecular flexibility index (Phi) is 5.30. The fourth-order valence-corrected chi connectivity index (χ4v) is 3.49. The van der Waals surface area contributed by atoms with Gasteiger partial charge in [0.2, 0.25) is 0 Å². The van der Waals surface area contributed by atoms with Gasteiger partial charge in [-0.2, -0.15) is 0 Å². The van der Waals surface area contributed by atoms with Gasteiger partial charge in [0, 0.05) is 5.69 Å². The molecular formula is C25H17NO6. The minimum atomic E-state index is -1.03. The lowest BCUT2D eigenvalue weighted by atomic mass is 10.1. The Hall–Kier alpha value is -4.65. The van der Waals surface area contributed by atoms with Crippen LogP contribution < -0.4 is 0 Å². The van der Waals surface area contributed by atoms with Crippen LogP contribution >= 0.6 is 0 Å². The zero-order chi connectivity index (χ0) is 22.8. The number of rotatable bonds is 6. The second-order valence-corrected chi connectivity index (χ2v) is 7.06. The number of hydrogen-bond donors (Lipinski definition) is 3. The van der Waals surface area contributed by atoms with Crippen molar-refractivity contribution in [1.29, 1.82) is 0 Å². The van der Waals surface area contributed by atoms with Crippen molar-refractivity contribution in [2.75, 3.05) is 0 Å². The van der Waals surface area contributed by atoms with Gasteiger partial charge in [-0.05, 0) is 71.8 Å². The first-order valence-electron chi connectivity index (χ1n) is 9.58. The maximum atomic E-state index is 11.2. The van der Waals surface area contributed by atoms with Crippen molar-refractivity contribution in [3.05, 3.63) is 102 Å². The molecule has 0 unspecified atom stereocenters. The highest BCUT2D eigenvalue weighted by Gasteiger charge is 2.15. The van der Waals surface area contributed by atoms with Gasteiger partial charge >= 0.3 is 17.9 Å². The number of hydrogen-bond acceptors (Lipinski definition) is 3. The molecule has 0 aliphatic heterocycles. The van der Waals surface area contributed by atoms with Crippen LogP contribution in [0, 0.1) is 0 Å². The molecule has 7 heteroatoms. The van der Waals surface area contributed by atoms with Crippen molar-refractivity contribution in [3.63, 3.8) is 0 Å². The molecule has 158 valence electrons. The fraction of sp³-hybridized carbons (Fsp3) is 0. The topological polar surface area (TPSA) is 117 Å². The van der Waals surface area contributed by atoms with E-state index >= 15 is 0 Å². The first-order chi connectivity index (χ1) is 15.3. The van der Waals surface area contributed by atoms with E-state index in [9.17, 15) is 19.5 Å². The Morgan fingerprint density at radius 2 is 0.781 bits per heavy atom. The van der Waals surface area contributed by atoms with Gasteiger partial charge in [-0.3, -0.25) is 0 Å². The normalized spacial score (nSPS) is 10.6. The molecule has 0 aliphatic rings. The van der Waals surface area contributed by atoms with Crippen LogP contribution in [0.3, 0.4) is 0 Å². The summed E-state index contributed by atoms with van der Waals surface area (Å²) in [5, 5.41) is 27.5. The van der Waals surface area contributed by atoms with Crippen LogP contribution in [0.5, 0.6) is 0 Å². The largest absolute Gasteiger partial charge is 0.478 e. The average Bonchev–Trinajstić information content (AvgIpc) is 3.24. The number of carboxylic acids is 3. The van der Waals surface area contributed by atoms with Crippen molar-refractivity contribution < 1.29 is 29.7 Å². The second-order valence-electron chi connectivity index (χ2n) is 7.06. The number of carboxylic acid groups (broad SMARTS) is 3. The van der Waals surface area contributed by atoms with Crippen LogP contribution in [0.4, 0.5) is 0 Å². The monoisotopic (exact) mass is 427 g/mol. The molecule has 0 saturated carbocycles. The molecular weight excluding hydrogens is 410 g/mol. The van der Waals surface area contributed by atoms with Crippen LogP contribution in [-0.2, 0) is 0 Å². The van der Waals surface area contributed by atoms with Gasteiger partial charge in [0.05, 0.1) is 28.1 Å². The molecule has 3 N–H and O–H groups in total. The van der Waals surface area contributed by atoms with Gasteiger partial charge in [0.25, 0.3) is 0 Å². The van der Waals surface area contributed by atoms with Crippen molar-refractivity contribution in [3.8, 4) is 28.2 Å². The summed E-state index contributed by atoms with van der Waals surface area (Å²) >= 11 is 0. The first kappa shape index (κ1) is 20.6. The van der Waals surface area contributed by atoms with E-state index in [1.54, 1.807) is 36.4 Å². The number of aromatic carboxylic acids is 3. The Bertz CT molecular complexity index is 1240. The molecule has 1 heterocycles. The van der Waals surface area contributed by atoms with E-state index < -0.39 is 17.9 Å². The molecule has 0 bridgehead atoms. The smallest absolute Gasteiger partial charge is 0.335 e. The summed E-state index contributed by atoms with van der Waals surface area (Å²) in [6.07, 6.45) is 0. The van der Waals surface area contributed by atoms with Crippen LogP contribution in [-0.4, -0.2) is 37.8 Å². The van der Waals surface area contributed by atoms with Gasteiger partial charge in [-0.1, -0.05) is 24.3 Å². The van der Waals surface area contributed by atoms with Crippen LogP contribution in [0.1, 0.15) is 31.1 Å². The highest BCUT2D eigenvalue weighted by atomic mass is 16.4. The van der Waals surface area contributed by atoms with Gasteiger partial charge in [-0.25, -0.2) is 14.4 Å². The molecule has 0 fully saturated rings. The predicted molar refractivity (Wildman–Crippen MR) is 118 cm³/mol. The summed E-state index contributed by atoms with van der Waals surface area (Å²) in [6.45, 7) is 0. The molecule has 7 nitrogen and oxygen atoms in total. The quantitative estimate of drug-likeness (QED) is 0.403. The lowest BCUT2D eigenvalue weighted by Crippen LogP contribution is -2.02. The maximum Gasteiger partial charge on any atom is 0.335 e. The molecule has 3 aromatic carbocycles. The Morgan fingerprint density at radius 1 is 0.469 bits per heavy atom. The first-order valence-corrected chi connectivity index (χ1v) is 9.58. The summed E-state index contributed by atoms with van der Waals surface area (Å²) in [4.78, 5) is 33.6. The Balaban J connectivity index is 1.88. The van der Waals surface area contributed by atoms with E-state index in [0.29, 0.717) is 5.69 Å². The molecule has 4 aromatic rings. The summed E-state index contributed by atoms with van der Waals surface area (Å²) in [6, 6.07) is 23.0. The van der Waals surface area contributed by atoms with E-state index in [2.05, 4.69) is 0 Å².